The van der Waals surface area contributed by atoms with Gasteiger partial charge in [-0.25, -0.2) is 4.39 Å². The number of benzene rings is 2. The number of furan rings is 1. The van der Waals surface area contributed by atoms with E-state index >= 15 is 0 Å². The summed E-state index contributed by atoms with van der Waals surface area (Å²) in [5, 5.41) is 10.5. The number of rotatable bonds is 10. The molecule has 0 aliphatic rings. The van der Waals surface area contributed by atoms with E-state index in [0.717, 1.165) is 11.3 Å². The fourth-order valence-electron chi connectivity index (χ4n) is 3.34. The van der Waals surface area contributed by atoms with Crippen LogP contribution in [0.1, 0.15) is 28.0 Å². The highest BCUT2D eigenvalue weighted by Gasteiger charge is 2.15. The normalized spacial score (nSPS) is 12.4. The average molecular weight is 397 g/mol. The van der Waals surface area contributed by atoms with E-state index in [0.29, 0.717) is 26.2 Å². The Labute approximate surface area is 171 Å². The number of aliphatic hydroxyl groups is 1. The van der Waals surface area contributed by atoms with Gasteiger partial charge < -0.3 is 14.3 Å². The Kier molecular flexibility index (Phi) is 7.58. The summed E-state index contributed by atoms with van der Waals surface area (Å²) in [5.41, 5.74) is 4.65. The van der Waals surface area contributed by atoms with E-state index < -0.39 is 6.10 Å². The predicted octanol–water partition coefficient (Wildman–Crippen LogP) is 4.62. The highest BCUT2D eigenvalue weighted by molar-refractivity contribution is 5.30. The van der Waals surface area contributed by atoms with Crippen LogP contribution in [0.4, 0.5) is 4.39 Å². The molecule has 0 aliphatic heterocycles. The van der Waals surface area contributed by atoms with Gasteiger partial charge in [0.1, 0.15) is 18.2 Å². The lowest BCUT2D eigenvalue weighted by molar-refractivity contribution is 0.00250. The van der Waals surface area contributed by atoms with E-state index in [-0.39, 0.29) is 12.4 Å². The van der Waals surface area contributed by atoms with Gasteiger partial charge in [-0.15, -0.1) is 0 Å². The minimum Gasteiger partial charge on any atom is -0.467 e. The molecule has 3 aromatic rings. The average Bonchev–Trinajstić information content (AvgIpc) is 3.19. The second-order valence-electron chi connectivity index (χ2n) is 7.47. The number of ether oxygens (including phenoxy) is 1. The molecule has 4 nitrogen and oxygen atoms in total. The van der Waals surface area contributed by atoms with Crippen molar-refractivity contribution >= 4 is 0 Å². The van der Waals surface area contributed by atoms with Crippen molar-refractivity contribution in [1.82, 2.24) is 4.90 Å². The second-order valence-corrected chi connectivity index (χ2v) is 7.47. The minimum absolute atomic E-state index is 0.216. The third-order valence-corrected chi connectivity index (χ3v) is 4.82. The van der Waals surface area contributed by atoms with E-state index in [1.165, 1.54) is 28.8 Å². The van der Waals surface area contributed by atoms with E-state index in [9.17, 15) is 9.50 Å². The third kappa shape index (κ3) is 6.82. The van der Waals surface area contributed by atoms with Crippen LogP contribution < -0.4 is 0 Å². The molecule has 0 saturated heterocycles. The van der Waals surface area contributed by atoms with Gasteiger partial charge >= 0.3 is 0 Å². The fraction of sp³-hybridized carbons (Fsp3) is 0.333. The van der Waals surface area contributed by atoms with E-state index in [1.807, 2.05) is 12.1 Å². The van der Waals surface area contributed by atoms with Crippen molar-refractivity contribution < 1.29 is 18.7 Å². The zero-order valence-corrected chi connectivity index (χ0v) is 17.0. The zero-order valence-electron chi connectivity index (χ0n) is 17.0. The number of hydrogen-bond acceptors (Lipinski definition) is 4. The van der Waals surface area contributed by atoms with E-state index in [2.05, 4.69) is 36.9 Å². The van der Waals surface area contributed by atoms with Crippen molar-refractivity contribution in [1.29, 1.82) is 0 Å². The molecule has 0 radical (unpaired) electrons. The fourth-order valence-corrected chi connectivity index (χ4v) is 3.34. The number of nitrogens with zero attached hydrogens (tertiary/aromatic N) is 1. The first kappa shape index (κ1) is 21.2. The molecule has 1 unspecified atom stereocenters. The SMILES string of the molecule is Cc1ccc(CN(Cc2ccc(F)cc2)CC(O)COCc2ccco2)c(C)c1. The van der Waals surface area contributed by atoms with Gasteiger partial charge in [-0.3, -0.25) is 4.90 Å². The van der Waals surface area contributed by atoms with Crippen LogP contribution in [-0.2, 0) is 24.4 Å². The molecule has 0 saturated carbocycles. The molecule has 1 N–H and O–H groups in total. The first-order chi connectivity index (χ1) is 14.0. The van der Waals surface area contributed by atoms with Gasteiger partial charge in [0.25, 0.3) is 0 Å². The Balaban J connectivity index is 1.63. The number of aryl methyl sites for hydroxylation is 2. The first-order valence-electron chi connectivity index (χ1n) is 9.80. The Hall–Kier alpha value is -2.47. The summed E-state index contributed by atoms with van der Waals surface area (Å²) in [4.78, 5) is 2.16. The van der Waals surface area contributed by atoms with Crippen LogP contribution in [0, 0.1) is 19.7 Å². The number of hydrogen-bond donors (Lipinski definition) is 1. The van der Waals surface area contributed by atoms with Gasteiger partial charge in [-0.05, 0) is 54.8 Å². The van der Waals surface area contributed by atoms with Gasteiger partial charge in [-0.2, -0.15) is 0 Å². The quantitative estimate of drug-likeness (QED) is 0.542. The predicted molar refractivity (Wildman–Crippen MR) is 111 cm³/mol. The molecule has 2 aromatic carbocycles. The van der Waals surface area contributed by atoms with Crippen molar-refractivity contribution in [3.05, 3.63) is 94.7 Å². The highest BCUT2D eigenvalue weighted by Crippen LogP contribution is 2.16. The maximum Gasteiger partial charge on any atom is 0.129 e. The van der Waals surface area contributed by atoms with Crippen LogP contribution >= 0.6 is 0 Å². The van der Waals surface area contributed by atoms with E-state index in [1.54, 1.807) is 18.4 Å². The summed E-state index contributed by atoms with van der Waals surface area (Å²) in [7, 11) is 0. The molecule has 154 valence electrons. The standard InChI is InChI=1S/C24H28FNO3/c1-18-5-8-21(19(2)12-18)14-26(13-20-6-9-22(25)10-7-20)15-23(27)16-28-17-24-4-3-11-29-24/h3-12,23,27H,13-17H2,1-2H3. The van der Waals surface area contributed by atoms with Crippen molar-refractivity contribution in [3.8, 4) is 0 Å². The molecule has 0 amide bonds. The molecule has 3 rings (SSSR count). The molecule has 0 aliphatic carbocycles. The molecule has 1 atom stereocenters. The lowest BCUT2D eigenvalue weighted by atomic mass is 10.0. The Morgan fingerprint density at radius 3 is 2.55 bits per heavy atom. The highest BCUT2D eigenvalue weighted by atomic mass is 19.1. The molecule has 29 heavy (non-hydrogen) atoms. The maximum atomic E-state index is 13.2. The van der Waals surface area contributed by atoms with Gasteiger partial charge in [0.05, 0.1) is 19.0 Å². The lowest BCUT2D eigenvalue weighted by Gasteiger charge is -2.26. The smallest absolute Gasteiger partial charge is 0.129 e. The molecule has 0 bridgehead atoms. The summed E-state index contributed by atoms with van der Waals surface area (Å²) in [5.74, 6) is 0.483. The van der Waals surface area contributed by atoms with Crippen LogP contribution in [0.5, 0.6) is 0 Å². The molecule has 1 heterocycles. The minimum atomic E-state index is -0.642. The summed E-state index contributed by atoms with van der Waals surface area (Å²) in [6, 6.07) is 16.5. The van der Waals surface area contributed by atoms with Crippen LogP contribution in [0.3, 0.4) is 0 Å². The Morgan fingerprint density at radius 1 is 1.07 bits per heavy atom. The monoisotopic (exact) mass is 397 g/mol. The molecular formula is C24H28FNO3. The van der Waals surface area contributed by atoms with Crippen molar-refractivity contribution in [2.75, 3.05) is 13.2 Å². The van der Waals surface area contributed by atoms with E-state index in [4.69, 9.17) is 9.15 Å². The maximum absolute atomic E-state index is 13.2. The van der Waals surface area contributed by atoms with Crippen LogP contribution in [0.25, 0.3) is 0 Å². The first-order valence-corrected chi connectivity index (χ1v) is 9.80. The van der Waals surface area contributed by atoms with Gasteiger partial charge in [0.15, 0.2) is 0 Å². The lowest BCUT2D eigenvalue weighted by Crippen LogP contribution is -2.34. The summed E-state index contributed by atoms with van der Waals surface area (Å²) < 4.78 is 24.1. The largest absolute Gasteiger partial charge is 0.467 e. The summed E-state index contributed by atoms with van der Waals surface area (Å²) >= 11 is 0. The number of aliphatic hydroxyl groups excluding tert-OH is 1. The molecule has 0 fully saturated rings. The van der Waals surface area contributed by atoms with Crippen LogP contribution in [0.2, 0.25) is 0 Å². The molecule has 1 aromatic heterocycles. The van der Waals surface area contributed by atoms with Crippen molar-refractivity contribution in [2.24, 2.45) is 0 Å². The zero-order chi connectivity index (χ0) is 20.6. The third-order valence-electron chi connectivity index (χ3n) is 4.82. The van der Waals surface area contributed by atoms with Gasteiger partial charge in [0.2, 0.25) is 0 Å². The summed E-state index contributed by atoms with van der Waals surface area (Å²) in [6.45, 7) is 6.48. The summed E-state index contributed by atoms with van der Waals surface area (Å²) in [6.07, 6.45) is 0.958. The Bertz CT molecular complexity index is 878. The van der Waals surface area contributed by atoms with Crippen molar-refractivity contribution in [2.45, 2.75) is 39.6 Å². The Morgan fingerprint density at radius 2 is 1.86 bits per heavy atom. The molecule has 0 spiro atoms. The van der Waals surface area contributed by atoms with Crippen molar-refractivity contribution in [3.63, 3.8) is 0 Å². The van der Waals surface area contributed by atoms with Gasteiger partial charge in [-0.1, -0.05) is 35.9 Å². The van der Waals surface area contributed by atoms with Gasteiger partial charge in [0, 0.05) is 19.6 Å². The van der Waals surface area contributed by atoms with Crippen LogP contribution in [-0.4, -0.2) is 29.3 Å². The number of halogens is 1. The molecular weight excluding hydrogens is 369 g/mol. The van der Waals surface area contributed by atoms with Crippen LogP contribution in [0.15, 0.2) is 65.3 Å². The second kappa shape index (κ2) is 10.3. The molecule has 5 heteroatoms. The topological polar surface area (TPSA) is 45.8 Å².